The molecule has 1 rings (SSSR count). The minimum Gasteiger partial charge on any atom is -0.466 e. The molecule has 142 valence electrons. The summed E-state index contributed by atoms with van der Waals surface area (Å²) in [6, 6.07) is 0. The molecule has 0 aromatic carbocycles. The number of rotatable bonds is 7. The van der Waals surface area contributed by atoms with E-state index in [0.29, 0.717) is 26.1 Å². The van der Waals surface area contributed by atoms with E-state index < -0.39 is 9.84 Å². The van der Waals surface area contributed by atoms with E-state index in [4.69, 9.17) is 4.74 Å². The van der Waals surface area contributed by atoms with Gasteiger partial charge in [-0.05, 0) is 33.1 Å². The van der Waals surface area contributed by atoms with Crippen molar-refractivity contribution in [2.75, 3.05) is 44.8 Å². The van der Waals surface area contributed by atoms with Crippen LogP contribution in [0.2, 0.25) is 0 Å². The number of nitrogens with one attached hydrogen (secondary N) is 1. The van der Waals surface area contributed by atoms with Gasteiger partial charge in [-0.3, -0.25) is 9.79 Å². The average molecular weight is 475 g/mol. The summed E-state index contributed by atoms with van der Waals surface area (Å²) in [5, 5.41) is 3.22. The summed E-state index contributed by atoms with van der Waals surface area (Å²) >= 11 is 0. The lowest BCUT2D eigenvalue weighted by atomic mass is 9.98. The molecule has 0 radical (unpaired) electrons. The number of hydrogen-bond acceptors (Lipinski definition) is 5. The third-order valence-corrected chi connectivity index (χ3v) is 4.64. The number of aliphatic imine (C=N–C) groups is 1. The SMILES string of the molecule is CCNC(=NCCCS(C)(=O)=O)N1CCCC(C(=O)OCC)C1.I. The van der Waals surface area contributed by atoms with E-state index in [-0.39, 0.29) is 41.6 Å². The highest BCUT2D eigenvalue weighted by atomic mass is 127. The molecule has 1 unspecified atom stereocenters. The van der Waals surface area contributed by atoms with Crippen LogP contribution in [0.4, 0.5) is 0 Å². The lowest BCUT2D eigenvalue weighted by Gasteiger charge is -2.34. The van der Waals surface area contributed by atoms with E-state index in [1.54, 1.807) is 0 Å². The fourth-order valence-electron chi connectivity index (χ4n) is 2.56. The predicted molar refractivity (Wildman–Crippen MR) is 107 cm³/mol. The van der Waals surface area contributed by atoms with E-state index in [2.05, 4.69) is 15.2 Å². The zero-order valence-corrected chi connectivity index (χ0v) is 17.9. The number of likely N-dealkylation sites (tertiary alicyclic amines) is 1. The lowest BCUT2D eigenvalue weighted by molar-refractivity contribution is -0.149. The maximum Gasteiger partial charge on any atom is 0.310 e. The van der Waals surface area contributed by atoms with Crippen molar-refractivity contribution in [3.05, 3.63) is 0 Å². The second kappa shape index (κ2) is 11.9. The zero-order chi connectivity index (χ0) is 17.3. The first-order valence-corrected chi connectivity index (χ1v) is 10.3. The number of halogens is 1. The highest BCUT2D eigenvalue weighted by Gasteiger charge is 2.28. The molecule has 1 N–H and O–H groups in total. The Hall–Kier alpha value is -0.580. The van der Waals surface area contributed by atoms with Gasteiger partial charge >= 0.3 is 5.97 Å². The van der Waals surface area contributed by atoms with Crippen LogP contribution in [0.3, 0.4) is 0 Å². The number of carbonyl (C=O) groups excluding carboxylic acids is 1. The van der Waals surface area contributed by atoms with Crippen molar-refractivity contribution in [3.63, 3.8) is 0 Å². The molecule has 0 saturated carbocycles. The second-order valence-electron chi connectivity index (χ2n) is 5.76. The summed E-state index contributed by atoms with van der Waals surface area (Å²) < 4.78 is 27.4. The largest absolute Gasteiger partial charge is 0.466 e. The van der Waals surface area contributed by atoms with Gasteiger partial charge < -0.3 is 15.0 Å². The van der Waals surface area contributed by atoms with Crippen LogP contribution in [-0.4, -0.2) is 70.0 Å². The summed E-state index contributed by atoms with van der Waals surface area (Å²) in [5.74, 6) is 0.616. The molecule has 0 aromatic rings. The van der Waals surface area contributed by atoms with E-state index >= 15 is 0 Å². The number of esters is 1. The molecule has 1 fully saturated rings. The fourth-order valence-corrected chi connectivity index (χ4v) is 3.21. The van der Waals surface area contributed by atoms with Crippen LogP contribution < -0.4 is 5.32 Å². The molecular formula is C15H30IN3O4S. The van der Waals surface area contributed by atoms with Gasteiger partial charge in [0.15, 0.2) is 5.96 Å². The molecular weight excluding hydrogens is 445 g/mol. The van der Waals surface area contributed by atoms with E-state index in [1.165, 1.54) is 6.26 Å². The molecule has 0 aromatic heterocycles. The summed E-state index contributed by atoms with van der Waals surface area (Å²) in [6.45, 7) is 6.81. The van der Waals surface area contributed by atoms with Crippen LogP contribution in [0.1, 0.15) is 33.1 Å². The average Bonchev–Trinajstić information content (AvgIpc) is 2.50. The Balaban J connectivity index is 0.00000529. The van der Waals surface area contributed by atoms with Crippen LogP contribution in [-0.2, 0) is 19.4 Å². The molecule has 1 aliphatic rings. The van der Waals surface area contributed by atoms with Crippen LogP contribution >= 0.6 is 24.0 Å². The van der Waals surface area contributed by atoms with Gasteiger partial charge in [-0.2, -0.15) is 0 Å². The van der Waals surface area contributed by atoms with Crippen LogP contribution in [0.25, 0.3) is 0 Å². The van der Waals surface area contributed by atoms with Crippen molar-refractivity contribution in [3.8, 4) is 0 Å². The van der Waals surface area contributed by atoms with Gasteiger partial charge in [-0.1, -0.05) is 0 Å². The summed E-state index contributed by atoms with van der Waals surface area (Å²) in [4.78, 5) is 18.5. The molecule has 9 heteroatoms. The van der Waals surface area contributed by atoms with Gasteiger partial charge in [0, 0.05) is 32.4 Å². The molecule has 0 spiro atoms. The first kappa shape index (κ1) is 23.4. The monoisotopic (exact) mass is 475 g/mol. The number of carbonyl (C=O) groups is 1. The molecule has 1 aliphatic heterocycles. The Morgan fingerprint density at radius 3 is 2.67 bits per heavy atom. The Morgan fingerprint density at radius 1 is 1.38 bits per heavy atom. The maximum absolute atomic E-state index is 11.9. The number of guanidine groups is 1. The standard InChI is InChI=1S/C15H29N3O4S.HI/c1-4-16-15(17-9-7-11-23(3,20)21)18-10-6-8-13(12-18)14(19)22-5-2;/h13H,4-12H2,1-3H3,(H,16,17);1H. The zero-order valence-electron chi connectivity index (χ0n) is 14.8. The minimum atomic E-state index is -2.95. The van der Waals surface area contributed by atoms with Crippen LogP contribution in [0.5, 0.6) is 0 Å². The van der Waals surface area contributed by atoms with Gasteiger partial charge in [0.25, 0.3) is 0 Å². The van der Waals surface area contributed by atoms with Gasteiger partial charge in [0.1, 0.15) is 9.84 Å². The molecule has 1 saturated heterocycles. The number of hydrogen-bond donors (Lipinski definition) is 1. The van der Waals surface area contributed by atoms with Crippen LogP contribution in [0.15, 0.2) is 4.99 Å². The van der Waals surface area contributed by atoms with Gasteiger partial charge in [0.05, 0.1) is 18.3 Å². The van der Waals surface area contributed by atoms with E-state index in [0.717, 1.165) is 31.9 Å². The van der Waals surface area contributed by atoms with Crippen molar-refractivity contribution in [1.82, 2.24) is 10.2 Å². The fraction of sp³-hybridized carbons (Fsp3) is 0.867. The minimum absolute atomic E-state index is 0. The number of sulfone groups is 1. The third kappa shape index (κ3) is 9.05. The number of piperidine rings is 1. The Morgan fingerprint density at radius 2 is 2.08 bits per heavy atom. The molecule has 0 aliphatic carbocycles. The van der Waals surface area contributed by atoms with Crippen LogP contribution in [0, 0.1) is 5.92 Å². The van der Waals surface area contributed by atoms with E-state index in [9.17, 15) is 13.2 Å². The van der Waals surface area contributed by atoms with Gasteiger partial charge in [-0.15, -0.1) is 24.0 Å². The van der Waals surface area contributed by atoms with Crippen molar-refractivity contribution in [2.24, 2.45) is 10.9 Å². The van der Waals surface area contributed by atoms with E-state index in [1.807, 2.05) is 13.8 Å². The summed E-state index contributed by atoms with van der Waals surface area (Å²) in [5.41, 5.74) is 0. The first-order valence-electron chi connectivity index (χ1n) is 8.25. The predicted octanol–water partition coefficient (Wildman–Crippen LogP) is 1.28. The van der Waals surface area contributed by atoms with Crippen molar-refractivity contribution >= 4 is 45.7 Å². The second-order valence-corrected chi connectivity index (χ2v) is 8.02. The van der Waals surface area contributed by atoms with Crippen molar-refractivity contribution < 1.29 is 17.9 Å². The molecule has 0 bridgehead atoms. The molecule has 1 heterocycles. The molecule has 0 amide bonds. The highest BCUT2D eigenvalue weighted by molar-refractivity contribution is 14.0. The smallest absolute Gasteiger partial charge is 0.310 e. The normalized spacial score (nSPS) is 18.7. The molecule has 7 nitrogen and oxygen atoms in total. The first-order chi connectivity index (χ1) is 10.9. The highest BCUT2D eigenvalue weighted by Crippen LogP contribution is 2.18. The number of ether oxygens (including phenoxy) is 1. The van der Waals surface area contributed by atoms with Gasteiger partial charge in [0.2, 0.25) is 0 Å². The van der Waals surface area contributed by atoms with Gasteiger partial charge in [-0.25, -0.2) is 8.42 Å². The van der Waals surface area contributed by atoms with Crippen molar-refractivity contribution in [1.29, 1.82) is 0 Å². The summed E-state index contributed by atoms with van der Waals surface area (Å²) in [6.07, 6.45) is 3.49. The quantitative estimate of drug-likeness (QED) is 0.196. The molecule has 24 heavy (non-hydrogen) atoms. The maximum atomic E-state index is 11.9. The number of nitrogens with zero attached hydrogens (tertiary/aromatic N) is 2. The molecule has 1 atom stereocenters. The Labute approximate surface area is 162 Å². The Bertz CT molecular complexity index is 511. The third-order valence-electron chi connectivity index (χ3n) is 3.61. The lowest BCUT2D eigenvalue weighted by Crippen LogP contribution is -2.48. The topological polar surface area (TPSA) is 88.1 Å². The Kier molecular flexibility index (Phi) is 11.6. The summed E-state index contributed by atoms with van der Waals surface area (Å²) in [7, 11) is -2.95. The van der Waals surface area contributed by atoms with Crippen molar-refractivity contribution in [2.45, 2.75) is 33.1 Å².